The number of likely N-dealkylation sites (tertiary alicyclic amines) is 1. The zero-order valence-electron chi connectivity index (χ0n) is 16.0. The van der Waals surface area contributed by atoms with Crippen molar-refractivity contribution >= 4 is 33.3 Å². The van der Waals surface area contributed by atoms with E-state index in [4.69, 9.17) is 4.98 Å². The molecule has 4 heterocycles. The van der Waals surface area contributed by atoms with Gasteiger partial charge in [0.05, 0.1) is 17.3 Å². The van der Waals surface area contributed by atoms with E-state index >= 15 is 0 Å². The van der Waals surface area contributed by atoms with Gasteiger partial charge in [-0.3, -0.25) is 9.88 Å². The minimum atomic E-state index is 0.299. The van der Waals surface area contributed by atoms with Gasteiger partial charge in [0.25, 0.3) is 0 Å². The molecule has 5 rings (SSSR count). The molecule has 1 unspecified atom stereocenters. The third kappa shape index (κ3) is 4.11. The Morgan fingerprint density at radius 1 is 1.03 bits per heavy atom. The van der Waals surface area contributed by atoms with E-state index in [0.29, 0.717) is 12.0 Å². The molecule has 1 N–H and O–H groups in total. The summed E-state index contributed by atoms with van der Waals surface area (Å²) in [4.78, 5) is 20.4. The van der Waals surface area contributed by atoms with Gasteiger partial charge >= 0.3 is 0 Å². The number of pyridine rings is 1. The summed E-state index contributed by atoms with van der Waals surface area (Å²) < 4.78 is 0. The summed E-state index contributed by atoms with van der Waals surface area (Å²) in [7, 11) is 0. The molecule has 29 heavy (non-hydrogen) atoms. The van der Waals surface area contributed by atoms with Crippen LogP contribution in [0.2, 0.25) is 0 Å². The SMILES string of the molecule is c1cnc2ccc(CN3CCCCC3c3ccnc(Nc4nccs4)n3)cc2c1. The van der Waals surface area contributed by atoms with Gasteiger partial charge in [-0.1, -0.05) is 18.6 Å². The molecule has 6 nitrogen and oxygen atoms in total. The molecule has 0 aliphatic carbocycles. The lowest BCUT2D eigenvalue weighted by atomic mass is 9.98. The van der Waals surface area contributed by atoms with Gasteiger partial charge in [0.2, 0.25) is 5.95 Å². The van der Waals surface area contributed by atoms with Crippen molar-refractivity contribution < 1.29 is 0 Å². The average molecular weight is 403 g/mol. The van der Waals surface area contributed by atoms with Crippen LogP contribution in [0.3, 0.4) is 0 Å². The summed E-state index contributed by atoms with van der Waals surface area (Å²) in [6.07, 6.45) is 9.02. The second-order valence-electron chi connectivity index (χ2n) is 7.28. The largest absolute Gasteiger partial charge is 0.300 e. The summed E-state index contributed by atoms with van der Waals surface area (Å²) in [5.74, 6) is 0.611. The number of nitrogens with one attached hydrogen (secondary N) is 1. The molecular weight excluding hydrogens is 380 g/mol. The maximum atomic E-state index is 4.81. The van der Waals surface area contributed by atoms with E-state index in [0.717, 1.165) is 35.9 Å². The maximum absolute atomic E-state index is 4.81. The van der Waals surface area contributed by atoms with E-state index in [1.807, 2.05) is 29.9 Å². The van der Waals surface area contributed by atoms with E-state index in [-0.39, 0.29) is 0 Å². The van der Waals surface area contributed by atoms with Crippen LogP contribution in [-0.4, -0.2) is 31.4 Å². The van der Waals surface area contributed by atoms with E-state index < -0.39 is 0 Å². The highest BCUT2D eigenvalue weighted by Crippen LogP contribution is 2.32. The van der Waals surface area contributed by atoms with Gasteiger partial charge in [-0.05, 0) is 49.2 Å². The fraction of sp³-hybridized carbons (Fsp3) is 0.273. The van der Waals surface area contributed by atoms with E-state index in [1.165, 1.54) is 23.8 Å². The number of thiazole rings is 1. The molecule has 1 atom stereocenters. The number of nitrogens with zero attached hydrogens (tertiary/aromatic N) is 5. The summed E-state index contributed by atoms with van der Waals surface area (Å²) in [5, 5.41) is 7.15. The molecule has 7 heteroatoms. The number of piperidine rings is 1. The molecule has 1 aliphatic heterocycles. The zero-order valence-corrected chi connectivity index (χ0v) is 16.8. The van der Waals surface area contributed by atoms with Gasteiger partial charge in [0.15, 0.2) is 5.13 Å². The number of hydrogen-bond acceptors (Lipinski definition) is 7. The quantitative estimate of drug-likeness (QED) is 0.509. The first kappa shape index (κ1) is 18.1. The first-order valence-corrected chi connectivity index (χ1v) is 10.8. The Morgan fingerprint density at radius 2 is 2.03 bits per heavy atom. The van der Waals surface area contributed by atoms with Crippen molar-refractivity contribution in [3.05, 3.63) is 71.6 Å². The van der Waals surface area contributed by atoms with Crippen molar-refractivity contribution in [3.8, 4) is 0 Å². The van der Waals surface area contributed by atoms with Crippen LogP contribution in [0.5, 0.6) is 0 Å². The van der Waals surface area contributed by atoms with Crippen molar-refractivity contribution in [2.24, 2.45) is 0 Å². The highest BCUT2D eigenvalue weighted by atomic mass is 32.1. The zero-order chi connectivity index (χ0) is 19.5. The standard InChI is InChI=1S/C22H22N6S/c1-2-12-28(15-16-6-7-18-17(14-16)4-3-9-23-18)20(5-1)19-8-10-24-21(26-19)27-22-25-11-13-29-22/h3-4,6-11,13-14,20H,1-2,5,12,15H2,(H,24,25,26,27). The predicted molar refractivity (Wildman–Crippen MR) is 116 cm³/mol. The monoisotopic (exact) mass is 402 g/mol. The number of aromatic nitrogens is 4. The summed E-state index contributed by atoms with van der Waals surface area (Å²) in [6.45, 7) is 1.99. The van der Waals surface area contributed by atoms with E-state index in [9.17, 15) is 0 Å². The Morgan fingerprint density at radius 3 is 2.97 bits per heavy atom. The molecule has 1 aromatic carbocycles. The molecule has 146 valence electrons. The van der Waals surface area contributed by atoms with Crippen LogP contribution in [0.15, 0.2) is 60.4 Å². The number of fused-ring (bicyclic) bond motifs is 1. The van der Waals surface area contributed by atoms with Crippen LogP contribution < -0.4 is 5.32 Å². The van der Waals surface area contributed by atoms with E-state index in [2.05, 4.69) is 49.4 Å². The molecule has 0 saturated carbocycles. The molecule has 0 radical (unpaired) electrons. The lowest BCUT2D eigenvalue weighted by Crippen LogP contribution is -2.33. The van der Waals surface area contributed by atoms with Gasteiger partial charge in [0.1, 0.15) is 0 Å². The molecule has 0 amide bonds. The molecule has 3 aromatic heterocycles. The van der Waals surface area contributed by atoms with Crippen molar-refractivity contribution in [3.63, 3.8) is 0 Å². The fourth-order valence-electron chi connectivity index (χ4n) is 3.97. The summed E-state index contributed by atoms with van der Waals surface area (Å²) >= 11 is 1.54. The molecule has 1 fully saturated rings. The van der Waals surface area contributed by atoms with Gasteiger partial charge in [-0.2, -0.15) is 0 Å². The minimum Gasteiger partial charge on any atom is -0.300 e. The van der Waals surface area contributed by atoms with Crippen LogP contribution in [0.4, 0.5) is 11.1 Å². The third-order valence-electron chi connectivity index (χ3n) is 5.34. The highest BCUT2D eigenvalue weighted by Gasteiger charge is 2.25. The highest BCUT2D eigenvalue weighted by molar-refractivity contribution is 7.13. The van der Waals surface area contributed by atoms with Crippen LogP contribution in [0, 0.1) is 0 Å². The first-order chi connectivity index (χ1) is 14.3. The Kier molecular flexibility index (Phi) is 5.15. The molecule has 0 bridgehead atoms. The topological polar surface area (TPSA) is 66.8 Å². The van der Waals surface area contributed by atoms with Crippen LogP contribution in [-0.2, 0) is 6.54 Å². The lowest BCUT2D eigenvalue weighted by Gasteiger charge is -2.35. The molecule has 4 aromatic rings. The van der Waals surface area contributed by atoms with Gasteiger partial charge in [-0.25, -0.2) is 15.0 Å². The Bertz CT molecular complexity index is 1100. The van der Waals surface area contributed by atoms with Gasteiger partial charge in [-0.15, -0.1) is 11.3 Å². The van der Waals surface area contributed by atoms with Crippen LogP contribution in [0.25, 0.3) is 10.9 Å². The Labute approximate surface area is 173 Å². The van der Waals surface area contributed by atoms with E-state index in [1.54, 1.807) is 17.5 Å². The van der Waals surface area contributed by atoms with Crippen molar-refractivity contribution in [1.29, 1.82) is 0 Å². The van der Waals surface area contributed by atoms with Crippen LogP contribution in [0.1, 0.15) is 36.6 Å². The lowest BCUT2D eigenvalue weighted by molar-refractivity contribution is 0.137. The molecule has 1 saturated heterocycles. The normalized spacial score (nSPS) is 17.4. The molecule has 1 aliphatic rings. The Hall–Kier alpha value is -2.90. The number of hydrogen-bond donors (Lipinski definition) is 1. The number of benzene rings is 1. The summed E-state index contributed by atoms with van der Waals surface area (Å²) in [6, 6.07) is 13.0. The first-order valence-electron chi connectivity index (χ1n) is 9.92. The predicted octanol–water partition coefficient (Wildman–Crippen LogP) is 4.95. The smallest absolute Gasteiger partial charge is 0.229 e. The van der Waals surface area contributed by atoms with Crippen molar-refractivity contribution in [2.45, 2.75) is 31.8 Å². The number of anilines is 2. The van der Waals surface area contributed by atoms with Crippen molar-refractivity contribution in [1.82, 2.24) is 24.8 Å². The minimum absolute atomic E-state index is 0.299. The maximum Gasteiger partial charge on any atom is 0.229 e. The summed E-state index contributed by atoms with van der Waals surface area (Å²) in [5.41, 5.74) is 3.42. The average Bonchev–Trinajstić information content (AvgIpc) is 3.27. The van der Waals surface area contributed by atoms with Crippen LogP contribution >= 0.6 is 11.3 Å². The second kappa shape index (κ2) is 8.23. The third-order valence-corrected chi connectivity index (χ3v) is 6.02. The molecule has 0 spiro atoms. The second-order valence-corrected chi connectivity index (χ2v) is 8.17. The Balaban J connectivity index is 1.38. The van der Waals surface area contributed by atoms with Crippen molar-refractivity contribution in [2.75, 3.05) is 11.9 Å². The molecular formula is C22H22N6S. The van der Waals surface area contributed by atoms with Gasteiger partial charge < -0.3 is 5.32 Å². The fourth-order valence-corrected chi connectivity index (χ4v) is 4.49. The van der Waals surface area contributed by atoms with Gasteiger partial charge in [0, 0.05) is 35.9 Å². The number of rotatable bonds is 5.